The summed E-state index contributed by atoms with van der Waals surface area (Å²) in [5, 5.41) is -1.56. The van der Waals surface area contributed by atoms with Crippen molar-refractivity contribution in [1.82, 2.24) is 0 Å². The number of hydrogen-bond donors (Lipinski definition) is 0. The van der Waals surface area contributed by atoms with Crippen LogP contribution in [0.2, 0.25) is 0 Å². The van der Waals surface area contributed by atoms with E-state index in [4.69, 9.17) is 0 Å². The molecule has 0 unspecified atom stereocenters. The Kier molecular flexibility index (Phi) is 8.86. The first-order chi connectivity index (χ1) is 22.1. The summed E-state index contributed by atoms with van der Waals surface area (Å²) in [5.41, 5.74) is -9.46. The highest BCUT2D eigenvalue weighted by Crippen LogP contribution is 2.37. The summed E-state index contributed by atoms with van der Waals surface area (Å²) >= 11 is 0. The van der Waals surface area contributed by atoms with Gasteiger partial charge in [0.2, 0.25) is 0 Å². The predicted octanol–water partition coefficient (Wildman–Crippen LogP) is 6.33. The molecule has 0 amide bonds. The first-order valence-electron chi connectivity index (χ1n) is 12.7. The van der Waals surface area contributed by atoms with E-state index in [0.29, 0.717) is 0 Å². The molecular weight excluding hydrogens is 687 g/mol. The van der Waals surface area contributed by atoms with E-state index in [1.54, 1.807) is 0 Å². The fraction of sp³-hybridized carbons (Fsp3) is 0. The van der Waals surface area contributed by atoms with E-state index < -0.39 is 117 Å². The average molecular weight is 697 g/mol. The van der Waals surface area contributed by atoms with Crippen molar-refractivity contribution in [3.05, 3.63) is 142 Å². The second-order valence-electron chi connectivity index (χ2n) is 9.75. The molecule has 0 fully saturated rings. The Hall–Kier alpha value is -4.46. The zero-order valence-electron chi connectivity index (χ0n) is 22.5. The largest absolute Gasteiger partial charge is 0.498 e. The Labute approximate surface area is 254 Å². The minimum absolute atomic E-state index is 0.0189. The van der Waals surface area contributed by atoms with Gasteiger partial charge in [-0.25, -0.2) is 61.5 Å². The number of halogens is 15. The molecule has 5 aromatic rings. The smallest absolute Gasteiger partial charge is 0.251 e. The third-order valence-electron chi connectivity index (χ3n) is 7.21. The van der Waals surface area contributed by atoms with Crippen LogP contribution in [-0.4, -0.2) is 6.42 Å². The second kappa shape index (κ2) is 12.3. The van der Waals surface area contributed by atoms with Gasteiger partial charge in [0.15, 0.2) is 46.5 Å². The average Bonchev–Trinajstić information content (AvgIpc) is 3.06. The van der Waals surface area contributed by atoms with Gasteiger partial charge in [0, 0.05) is 0 Å². The number of benzene rings is 5. The van der Waals surface area contributed by atoms with Crippen molar-refractivity contribution in [3.8, 4) is 0 Å². The van der Waals surface area contributed by atoms with E-state index >= 15 is 39.4 Å². The molecule has 0 spiro atoms. The van der Waals surface area contributed by atoms with Gasteiger partial charge >= 0.3 is 0 Å². The molecule has 0 saturated heterocycles. The van der Waals surface area contributed by atoms with Crippen LogP contribution in [0.15, 0.2) is 60.7 Å². The molecule has 244 valence electrons. The third-order valence-corrected chi connectivity index (χ3v) is 9.68. The molecule has 0 aromatic heterocycles. The molecule has 0 bridgehead atoms. The van der Waals surface area contributed by atoms with Crippen LogP contribution in [0.25, 0.3) is 0 Å². The molecule has 0 saturated carbocycles. The lowest BCUT2D eigenvalue weighted by atomic mass is 9.30. The molecule has 5 aromatic carbocycles. The van der Waals surface area contributed by atoms with Gasteiger partial charge in [-0.3, -0.25) is 0 Å². The van der Waals surface area contributed by atoms with Crippen LogP contribution < -0.4 is 32.3 Å². The van der Waals surface area contributed by atoms with E-state index in [9.17, 15) is 26.3 Å². The summed E-state index contributed by atoms with van der Waals surface area (Å²) in [6, 6.07) is 13.2. The van der Waals surface area contributed by atoms with Crippen molar-refractivity contribution in [2.45, 2.75) is 0 Å². The minimum atomic E-state index is -6.88. The van der Waals surface area contributed by atoms with Gasteiger partial charge in [-0.2, -0.15) is 0 Å². The van der Waals surface area contributed by atoms with Gasteiger partial charge in [-0.1, -0.05) is 77.1 Å². The van der Waals surface area contributed by atoms with Gasteiger partial charge in [0.05, 0.1) is 5.30 Å². The lowest BCUT2D eigenvalue weighted by molar-refractivity contribution is 0.380. The first kappa shape index (κ1) is 33.9. The summed E-state index contributed by atoms with van der Waals surface area (Å²) in [6.45, 7) is 0. The fourth-order valence-corrected chi connectivity index (χ4v) is 7.46. The molecule has 5 rings (SSSR count). The van der Waals surface area contributed by atoms with Crippen LogP contribution in [-0.2, 0) is 0 Å². The van der Waals surface area contributed by atoms with Crippen LogP contribution in [0.1, 0.15) is 0 Å². The van der Waals surface area contributed by atoms with Crippen molar-refractivity contribution in [2.24, 2.45) is 0 Å². The topological polar surface area (TPSA) is 0 Å². The Balaban J connectivity index is 2.00. The molecule has 47 heavy (non-hydrogen) atoms. The van der Waals surface area contributed by atoms with Crippen molar-refractivity contribution < 1.29 is 65.8 Å². The molecule has 0 atom stereocenters. The molecule has 0 aliphatic rings. The van der Waals surface area contributed by atoms with E-state index in [-0.39, 0.29) is 10.6 Å². The quantitative estimate of drug-likeness (QED) is 0.0641. The highest BCUT2D eigenvalue weighted by Gasteiger charge is 2.49. The van der Waals surface area contributed by atoms with Crippen molar-refractivity contribution in [2.75, 3.05) is 0 Å². The highest BCUT2D eigenvalue weighted by molar-refractivity contribution is 7.79. The summed E-state index contributed by atoms with van der Waals surface area (Å²) in [4.78, 5) is 0. The zero-order chi connectivity index (χ0) is 34.7. The third kappa shape index (κ3) is 5.04. The van der Waals surface area contributed by atoms with E-state index in [2.05, 4.69) is 0 Å². The van der Waals surface area contributed by atoms with Gasteiger partial charge in [0.1, 0.15) is 34.9 Å². The summed E-state index contributed by atoms with van der Waals surface area (Å²) in [5.74, 6) is -43.5. The summed E-state index contributed by atoms with van der Waals surface area (Å²) in [7, 11) is -2.71. The minimum Gasteiger partial charge on any atom is -0.498 e. The highest BCUT2D eigenvalue weighted by atomic mass is 31.1. The summed E-state index contributed by atoms with van der Waals surface area (Å²) in [6.07, 6.45) is -6.88. The van der Waals surface area contributed by atoms with E-state index in [0.717, 1.165) is 0 Å². The van der Waals surface area contributed by atoms with Crippen LogP contribution in [0, 0.1) is 81.4 Å². The van der Waals surface area contributed by atoms with Gasteiger partial charge in [-0.05, 0) is 18.5 Å². The predicted molar refractivity (Wildman–Crippen MR) is 143 cm³/mol. The summed E-state index contributed by atoms with van der Waals surface area (Å²) < 4.78 is 226. The molecule has 0 N–H and O–H groups in total. The molecule has 17 heteroatoms. The second-order valence-corrected chi connectivity index (χ2v) is 11.9. The fourth-order valence-electron chi connectivity index (χ4n) is 5.12. The molecule has 0 radical (unpaired) electrons. The van der Waals surface area contributed by atoms with Crippen molar-refractivity contribution >= 4 is 46.6 Å². The maximum atomic E-state index is 17.3. The van der Waals surface area contributed by atoms with Crippen LogP contribution in [0.4, 0.5) is 65.8 Å². The standard InChI is InChI=1S/C30H10BF15P/c32-16-13(17(33)23(39)26(42)22(16)38)31(46,14-18(34)24(40)27(43)25(41)19(14)35)15-20(36)28(44)30(29(45)21(15)37)47(11-7-3-1-4-8-11)12-9-5-2-6-10-12/h1-10H/q-1. The monoisotopic (exact) mass is 697 g/mol. The van der Waals surface area contributed by atoms with Gasteiger partial charge < -0.3 is 4.32 Å². The van der Waals surface area contributed by atoms with Gasteiger partial charge in [0.25, 0.3) is 6.42 Å². The van der Waals surface area contributed by atoms with Gasteiger partial charge in [-0.15, -0.1) is 0 Å². The lowest BCUT2D eigenvalue weighted by Gasteiger charge is -2.37. The SMILES string of the molecule is Fc1c(F)c(F)c([B-](F)(c2c(F)c(F)c(F)c(F)c2F)c2c(F)c(F)c(P(c3ccccc3)c3ccccc3)c(F)c2F)c(F)c1F. The van der Waals surface area contributed by atoms with Crippen LogP contribution in [0.3, 0.4) is 0 Å². The molecule has 0 heterocycles. The Morgan fingerprint density at radius 2 is 0.553 bits per heavy atom. The molecular formula is C30H10BF15P-. The molecule has 0 aliphatic heterocycles. The van der Waals surface area contributed by atoms with Crippen molar-refractivity contribution in [1.29, 1.82) is 0 Å². The Bertz CT molecular complexity index is 1860. The first-order valence-corrected chi connectivity index (χ1v) is 14.1. The van der Waals surface area contributed by atoms with Crippen LogP contribution in [0.5, 0.6) is 0 Å². The van der Waals surface area contributed by atoms with Crippen LogP contribution >= 0.6 is 7.92 Å². The van der Waals surface area contributed by atoms with Crippen molar-refractivity contribution in [3.63, 3.8) is 0 Å². The zero-order valence-corrected chi connectivity index (χ0v) is 23.4. The maximum absolute atomic E-state index is 17.3. The maximum Gasteiger partial charge on any atom is 0.251 e. The normalized spacial score (nSPS) is 11.9. The lowest BCUT2D eigenvalue weighted by Crippen LogP contribution is -2.70. The number of rotatable bonds is 6. The molecule has 0 nitrogen and oxygen atoms in total. The van der Waals surface area contributed by atoms with E-state index in [1.165, 1.54) is 60.7 Å². The Morgan fingerprint density at radius 1 is 0.319 bits per heavy atom. The molecule has 0 aliphatic carbocycles. The number of hydrogen-bond acceptors (Lipinski definition) is 0. The van der Waals surface area contributed by atoms with E-state index in [1.807, 2.05) is 0 Å². The Morgan fingerprint density at radius 3 is 0.830 bits per heavy atom.